The lowest BCUT2D eigenvalue weighted by Gasteiger charge is -2.13. The molecule has 0 spiro atoms. The Kier molecular flexibility index (Phi) is 2.89. The lowest BCUT2D eigenvalue weighted by Crippen LogP contribution is -2.33. The lowest BCUT2D eigenvalue weighted by molar-refractivity contribution is -0.128. The zero-order valence-electron chi connectivity index (χ0n) is 10.9. The van der Waals surface area contributed by atoms with E-state index in [2.05, 4.69) is 9.36 Å². The summed E-state index contributed by atoms with van der Waals surface area (Å²) in [5.74, 6) is 0.417. The molecule has 1 aromatic rings. The van der Waals surface area contributed by atoms with E-state index >= 15 is 0 Å². The molecular weight excluding hydrogens is 266 g/mol. The van der Waals surface area contributed by atoms with E-state index in [1.54, 1.807) is 4.90 Å². The van der Waals surface area contributed by atoms with Crippen molar-refractivity contribution in [2.45, 2.75) is 25.4 Å². The average Bonchev–Trinajstić information content (AvgIpc) is 3.06. The molecule has 1 aromatic heterocycles. The Hall–Kier alpha value is -1.70. The SMILES string of the molecule is CN(C)c1nc(CN2C(=O)C3CCCN3C2=O)ns1. The third-order valence-electron chi connectivity index (χ3n) is 3.42. The monoisotopic (exact) mass is 281 g/mol. The molecule has 7 nitrogen and oxygen atoms in total. The number of amides is 3. The predicted molar refractivity (Wildman–Crippen MR) is 69.9 cm³/mol. The Labute approximate surface area is 115 Å². The Bertz CT molecular complexity index is 507. The minimum atomic E-state index is -0.251. The van der Waals surface area contributed by atoms with Crippen LogP contribution in [0.3, 0.4) is 0 Å². The lowest BCUT2D eigenvalue weighted by atomic mass is 10.2. The van der Waals surface area contributed by atoms with E-state index in [0.717, 1.165) is 18.0 Å². The molecule has 0 N–H and O–H groups in total. The van der Waals surface area contributed by atoms with Crippen LogP contribution in [0.1, 0.15) is 18.7 Å². The average molecular weight is 281 g/mol. The van der Waals surface area contributed by atoms with Crippen LogP contribution in [0.15, 0.2) is 0 Å². The summed E-state index contributed by atoms with van der Waals surface area (Å²) in [5, 5.41) is 0.773. The van der Waals surface area contributed by atoms with E-state index < -0.39 is 0 Å². The highest BCUT2D eigenvalue weighted by molar-refractivity contribution is 7.09. The van der Waals surface area contributed by atoms with Gasteiger partial charge in [0, 0.05) is 32.2 Å². The van der Waals surface area contributed by atoms with Crippen LogP contribution < -0.4 is 4.90 Å². The van der Waals surface area contributed by atoms with Gasteiger partial charge < -0.3 is 9.80 Å². The fourth-order valence-corrected chi connectivity index (χ4v) is 3.05. The maximum atomic E-state index is 12.1. The van der Waals surface area contributed by atoms with Crippen molar-refractivity contribution in [3.05, 3.63) is 5.82 Å². The highest BCUT2D eigenvalue weighted by Gasteiger charge is 2.47. The molecule has 8 heteroatoms. The topological polar surface area (TPSA) is 69.6 Å². The maximum Gasteiger partial charge on any atom is 0.327 e. The number of aromatic nitrogens is 2. The van der Waals surface area contributed by atoms with Gasteiger partial charge in [-0.15, -0.1) is 0 Å². The summed E-state index contributed by atoms with van der Waals surface area (Å²) in [6.45, 7) is 0.855. The minimum absolute atomic E-state index is 0.108. The molecule has 19 heavy (non-hydrogen) atoms. The van der Waals surface area contributed by atoms with Gasteiger partial charge >= 0.3 is 6.03 Å². The highest BCUT2D eigenvalue weighted by atomic mass is 32.1. The van der Waals surface area contributed by atoms with Gasteiger partial charge in [0.15, 0.2) is 5.82 Å². The Morgan fingerprint density at radius 1 is 1.42 bits per heavy atom. The molecule has 3 amide bonds. The number of carbonyl (C=O) groups excluding carboxylic acids is 2. The molecule has 0 radical (unpaired) electrons. The summed E-state index contributed by atoms with van der Waals surface area (Å²) < 4.78 is 4.19. The summed E-state index contributed by atoms with van der Waals surface area (Å²) in [6, 6.07) is -0.451. The smallest absolute Gasteiger partial charge is 0.327 e. The van der Waals surface area contributed by atoms with Crippen molar-refractivity contribution in [3.63, 3.8) is 0 Å². The van der Waals surface area contributed by atoms with Gasteiger partial charge in [-0.05, 0) is 12.8 Å². The Balaban J connectivity index is 1.76. The standard InChI is InChI=1S/C11H15N5O2S/c1-14(2)10-12-8(13-19-10)6-16-9(17)7-4-3-5-15(7)11(16)18/h7H,3-6H2,1-2H3. The first kappa shape index (κ1) is 12.3. The molecule has 3 heterocycles. The third-order valence-corrected chi connectivity index (χ3v) is 4.34. The Morgan fingerprint density at radius 3 is 2.84 bits per heavy atom. The predicted octanol–water partition coefficient (Wildman–Crippen LogP) is 0.531. The van der Waals surface area contributed by atoms with Crippen molar-refractivity contribution in [3.8, 4) is 0 Å². The third kappa shape index (κ3) is 1.95. The second-order valence-corrected chi connectivity index (χ2v) is 5.68. The molecule has 0 saturated carbocycles. The first-order chi connectivity index (χ1) is 9.08. The van der Waals surface area contributed by atoms with E-state index in [1.165, 1.54) is 16.4 Å². The molecule has 102 valence electrons. The molecule has 0 aliphatic carbocycles. The van der Waals surface area contributed by atoms with Crippen LogP contribution >= 0.6 is 11.5 Å². The summed E-state index contributed by atoms with van der Waals surface area (Å²) >= 11 is 1.27. The van der Waals surface area contributed by atoms with Gasteiger partial charge in [0.05, 0.1) is 6.54 Å². The van der Waals surface area contributed by atoms with E-state index in [4.69, 9.17) is 0 Å². The van der Waals surface area contributed by atoms with Crippen LogP contribution in [-0.4, -0.2) is 57.8 Å². The van der Waals surface area contributed by atoms with Gasteiger partial charge in [-0.25, -0.2) is 9.78 Å². The first-order valence-corrected chi connectivity index (χ1v) is 6.97. The number of imide groups is 1. The van der Waals surface area contributed by atoms with Gasteiger partial charge in [-0.1, -0.05) is 0 Å². The summed E-state index contributed by atoms with van der Waals surface area (Å²) in [6.07, 6.45) is 1.68. The number of carbonyl (C=O) groups is 2. The fourth-order valence-electron chi connectivity index (χ4n) is 2.46. The first-order valence-electron chi connectivity index (χ1n) is 6.20. The fraction of sp³-hybridized carbons (Fsp3) is 0.636. The number of hydrogen-bond acceptors (Lipinski definition) is 6. The number of hydrogen-bond donors (Lipinski definition) is 0. The maximum absolute atomic E-state index is 12.1. The second-order valence-electron chi connectivity index (χ2n) is 4.95. The summed E-state index contributed by atoms with van der Waals surface area (Å²) in [4.78, 5) is 33.3. The zero-order valence-corrected chi connectivity index (χ0v) is 11.7. The van der Waals surface area contributed by atoms with Gasteiger partial charge in [0.1, 0.15) is 6.04 Å². The van der Waals surface area contributed by atoms with Crippen molar-refractivity contribution in [2.75, 3.05) is 25.5 Å². The van der Waals surface area contributed by atoms with Crippen molar-refractivity contribution >= 4 is 28.6 Å². The quantitative estimate of drug-likeness (QED) is 0.756. The molecule has 2 fully saturated rings. The molecule has 3 rings (SSSR count). The molecule has 1 unspecified atom stereocenters. The minimum Gasteiger partial charge on any atom is -0.353 e. The van der Waals surface area contributed by atoms with Crippen LogP contribution in [0.2, 0.25) is 0 Å². The number of rotatable bonds is 3. The second kappa shape index (κ2) is 4.44. The van der Waals surface area contributed by atoms with Crippen LogP contribution in [0.25, 0.3) is 0 Å². The van der Waals surface area contributed by atoms with Crippen molar-refractivity contribution in [1.29, 1.82) is 0 Å². The van der Waals surface area contributed by atoms with Crippen LogP contribution in [0.5, 0.6) is 0 Å². The largest absolute Gasteiger partial charge is 0.353 e. The molecule has 1 atom stereocenters. The van der Waals surface area contributed by atoms with Gasteiger partial charge in [-0.2, -0.15) is 4.37 Å². The van der Waals surface area contributed by atoms with Crippen molar-refractivity contribution < 1.29 is 9.59 Å². The highest BCUT2D eigenvalue weighted by Crippen LogP contribution is 2.28. The molecule has 0 bridgehead atoms. The normalized spacial score (nSPS) is 22.3. The van der Waals surface area contributed by atoms with E-state index in [9.17, 15) is 9.59 Å². The van der Waals surface area contributed by atoms with Gasteiger partial charge in [-0.3, -0.25) is 9.69 Å². The van der Waals surface area contributed by atoms with Crippen LogP contribution in [-0.2, 0) is 11.3 Å². The van der Waals surface area contributed by atoms with Gasteiger partial charge in [0.2, 0.25) is 5.13 Å². The molecule has 2 aliphatic rings. The Morgan fingerprint density at radius 2 is 2.21 bits per heavy atom. The molecule has 2 aliphatic heterocycles. The van der Waals surface area contributed by atoms with Crippen molar-refractivity contribution in [2.24, 2.45) is 0 Å². The van der Waals surface area contributed by atoms with E-state index in [0.29, 0.717) is 12.4 Å². The molecular formula is C11H15N5O2S. The zero-order chi connectivity index (χ0) is 13.6. The molecule has 0 aromatic carbocycles. The number of urea groups is 1. The van der Waals surface area contributed by atoms with Crippen LogP contribution in [0.4, 0.5) is 9.93 Å². The van der Waals surface area contributed by atoms with Crippen molar-refractivity contribution in [1.82, 2.24) is 19.2 Å². The number of anilines is 1. The summed E-state index contributed by atoms with van der Waals surface area (Å²) in [5.41, 5.74) is 0. The molecule has 2 saturated heterocycles. The van der Waals surface area contributed by atoms with E-state index in [-0.39, 0.29) is 24.5 Å². The van der Waals surface area contributed by atoms with E-state index in [1.807, 2.05) is 19.0 Å². The summed E-state index contributed by atoms with van der Waals surface area (Å²) in [7, 11) is 3.76. The number of fused-ring (bicyclic) bond motifs is 1. The van der Waals surface area contributed by atoms with Gasteiger partial charge in [0.25, 0.3) is 5.91 Å². The van der Waals surface area contributed by atoms with Crippen LogP contribution in [0, 0.1) is 0 Å². The number of nitrogens with zero attached hydrogens (tertiary/aromatic N) is 5.